The molecule has 0 aliphatic rings. The van der Waals surface area contributed by atoms with Gasteiger partial charge in [-0.15, -0.1) is 0 Å². The Kier molecular flexibility index (Phi) is 11.2. The maximum absolute atomic E-state index is 14.7. The van der Waals surface area contributed by atoms with E-state index in [1.54, 1.807) is 25.7 Å². The number of alkyl carbamates (subject to hydrolysis) is 1. The van der Waals surface area contributed by atoms with E-state index in [0.717, 1.165) is 33.5 Å². The molecule has 0 heterocycles. The minimum absolute atomic E-state index is 0.203. The number of nitrogens with one attached hydrogen (secondary N) is 2. The first-order valence-electron chi connectivity index (χ1n) is 14.7. The van der Waals surface area contributed by atoms with E-state index in [4.69, 9.17) is 4.74 Å². The number of nitrogens with zero attached hydrogens (tertiary/aromatic N) is 1. The van der Waals surface area contributed by atoms with E-state index in [2.05, 4.69) is 10.6 Å². The zero-order chi connectivity index (χ0) is 31.3. The largest absolute Gasteiger partial charge is 0.444 e. The third kappa shape index (κ3) is 8.34. The van der Waals surface area contributed by atoms with Gasteiger partial charge < -0.3 is 20.3 Å². The van der Waals surface area contributed by atoms with Crippen LogP contribution in [0.3, 0.4) is 0 Å². The number of hydrogen-bond acceptors (Lipinski definition) is 4. The van der Waals surface area contributed by atoms with Crippen molar-refractivity contribution in [3.05, 3.63) is 64.2 Å². The van der Waals surface area contributed by atoms with Crippen molar-refractivity contribution in [2.45, 2.75) is 119 Å². The molecule has 7 heteroatoms. The van der Waals surface area contributed by atoms with Crippen LogP contribution in [0.2, 0.25) is 0 Å². The lowest BCUT2D eigenvalue weighted by Gasteiger charge is -2.45. The summed E-state index contributed by atoms with van der Waals surface area (Å²) in [6.45, 7) is 23.1. The van der Waals surface area contributed by atoms with Gasteiger partial charge in [0.05, 0.1) is 0 Å². The summed E-state index contributed by atoms with van der Waals surface area (Å²) in [5.74, 6) is -0.822. The highest BCUT2D eigenvalue weighted by molar-refractivity contribution is 6.00. The summed E-state index contributed by atoms with van der Waals surface area (Å²) in [6.07, 6.45) is 0.583. The summed E-state index contributed by atoms with van der Waals surface area (Å²) in [6, 6.07) is 9.88. The second kappa shape index (κ2) is 13.5. The number of anilines is 1. The lowest BCUT2D eigenvalue weighted by molar-refractivity contribution is -0.148. The molecule has 41 heavy (non-hydrogen) atoms. The molecule has 226 valence electrons. The Balaban J connectivity index is 2.77. The molecule has 0 aromatic heterocycles. The van der Waals surface area contributed by atoms with Gasteiger partial charge in [-0.2, -0.15) is 0 Å². The van der Waals surface area contributed by atoms with Gasteiger partial charge in [0.2, 0.25) is 5.91 Å². The van der Waals surface area contributed by atoms with Gasteiger partial charge in [-0.3, -0.25) is 9.59 Å². The van der Waals surface area contributed by atoms with Gasteiger partial charge in [-0.05, 0) is 102 Å². The average molecular weight is 566 g/mol. The molecule has 0 bridgehead atoms. The summed E-state index contributed by atoms with van der Waals surface area (Å²) in [5.41, 5.74) is 3.89. The minimum Gasteiger partial charge on any atom is -0.444 e. The summed E-state index contributed by atoms with van der Waals surface area (Å²) < 4.78 is 5.54. The number of rotatable bonds is 10. The second-order valence-corrected chi connectivity index (χ2v) is 12.8. The van der Waals surface area contributed by atoms with Crippen LogP contribution in [0.15, 0.2) is 36.4 Å². The van der Waals surface area contributed by atoms with Crippen LogP contribution in [0.5, 0.6) is 0 Å². The number of para-hydroxylation sites is 1. The molecule has 0 radical (unpaired) electrons. The molecule has 0 saturated carbocycles. The molecule has 0 fully saturated rings. The van der Waals surface area contributed by atoms with E-state index < -0.39 is 29.3 Å². The maximum atomic E-state index is 14.7. The van der Waals surface area contributed by atoms with Gasteiger partial charge in [-0.1, -0.05) is 63.6 Å². The van der Waals surface area contributed by atoms with Gasteiger partial charge in [0.25, 0.3) is 5.91 Å². The third-order valence-electron chi connectivity index (χ3n) is 8.08. The van der Waals surface area contributed by atoms with Crippen molar-refractivity contribution in [2.24, 2.45) is 5.92 Å². The van der Waals surface area contributed by atoms with Crippen LogP contribution < -0.4 is 10.6 Å². The van der Waals surface area contributed by atoms with Crippen molar-refractivity contribution in [1.82, 2.24) is 10.2 Å². The highest BCUT2D eigenvalue weighted by Crippen LogP contribution is 2.36. The average Bonchev–Trinajstić information content (AvgIpc) is 2.87. The molecule has 3 atom stereocenters. The van der Waals surface area contributed by atoms with E-state index in [1.807, 2.05) is 98.7 Å². The normalized spacial score (nSPS) is 14.0. The van der Waals surface area contributed by atoms with Crippen LogP contribution in [0.1, 0.15) is 102 Å². The molecular weight excluding hydrogens is 514 g/mol. The molecule has 7 nitrogen and oxygen atoms in total. The first kappa shape index (κ1) is 33.9. The Morgan fingerprint density at radius 1 is 0.878 bits per heavy atom. The Morgan fingerprint density at radius 3 is 1.93 bits per heavy atom. The fourth-order valence-corrected chi connectivity index (χ4v) is 4.88. The van der Waals surface area contributed by atoms with Crippen molar-refractivity contribution < 1.29 is 19.1 Å². The van der Waals surface area contributed by atoms with Gasteiger partial charge in [0.1, 0.15) is 17.7 Å². The molecule has 3 amide bonds. The quantitative estimate of drug-likeness (QED) is 0.311. The van der Waals surface area contributed by atoms with Crippen molar-refractivity contribution in [3.8, 4) is 0 Å². The van der Waals surface area contributed by atoms with E-state index in [0.29, 0.717) is 12.8 Å². The van der Waals surface area contributed by atoms with E-state index in [-0.39, 0.29) is 17.7 Å². The predicted octanol–water partition coefficient (Wildman–Crippen LogP) is 7.56. The number of amides is 3. The maximum Gasteiger partial charge on any atom is 0.408 e. The van der Waals surface area contributed by atoms with Crippen molar-refractivity contribution in [2.75, 3.05) is 5.32 Å². The number of ether oxygens (including phenoxy) is 1. The minimum atomic E-state index is -0.941. The number of aryl methyl sites for hydroxylation is 3. The van der Waals surface area contributed by atoms with Crippen molar-refractivity contribution in [3.63, 3.8) is 0 Å². The number of benzene rings is 2. The Bertz CT molecular complexity index is 1220. The summed E-state index contributed by atoms with van der Waals surface area (Å²) in [4.78, 5) is 43.8. The molecule has 3 unspecified atom stereocenters. The van der Waals surface area contributed by atoms with Crippen LogP contribution in [0.4, 0.5) is 10.5 Å². The molecule has 2 aromatic rings. The summed E-state index contributed by atoms with van der Waals surface area (Å²) >= 11 is 0. The Hall–Kier alpha value is -3.35. The third-order valence-corrected chi connectivity index (χ3v) is 8.08. The fraction of sp³-hybridized carbons (Fsp3) is 0.559. The molecule has 0 aliphatic carbocycles. The summed E-state index contributed by atoms with van der Waals surface area (Å²) in [7, 11) is 0. The molecule has 0 aliphatic heterocycles. The van der Waals surface area contributed by atoms with Crippen molar-refractivity contribution >= 4 is 23.6 Å². The molecule has 0 spiro atoms. The first-order chi connectivity index (χ1) is 18.9. The van der Waals surface area contributed by atoms with Gasteiger partial charge in [0.15, 0.2) is 0 Å². The number of carbonyl (C=O) groups excluding carboxylic acids is 3. The lowest BCUT2D eigenvalue weighted by Crippen LogP contribution is -2.60. The van der Waals surface area contributed by atoms with E-state index >= 15 is 0 Å². The summed E-state index contributed by atoms with van der Waals surface area (Å²) in [5, 5.41) is 6.02. The van der Waals surface area contributed by atoms with Gasteiger partial charge in [0, 0.05) is 11.2 Å². The highest BCUT2D eigenvalue weighted by atomic mass is 16.6. The molecular formula is C34H51N3O4. The predicted molar refractivity (Wildman–Crippen MR) is 167 cm³/mol. The van der Waals surface area contributed by atoms with Crippen LogP contribution in [-0.2, 0) is 14.3 Å². The zero-order valence-electron chi connectivity index (χ0n) is 27.2. The van der Waals surface area contributed by atoms with Crippen molar-refractivity contribution in [1.29, 1.82) is 0 Å². The van der Waals surface area contributed by atoms with Crippen LogP contribution in [-0.4, -0.2) is 40.0 Å². The molecule has 2 N–H and O–H groups in total. The smallest absolute Gasteiger partial charge is 0.408 e. The highest BCUT2D eigenvalue weighted by Gasteiger charge is 2.44. The van der Waals surface area contributed by atoms with Gasteiger partial charge in [-0.25, -0.2) is 4.79 Å². The van der Waals surface area contributed by atoms with Crippen LogP contribution in [0.25, 0.3) is 0 Å². The Morgan fingerprint density at radius 2 is 1.41 bits per heavy atom. The van der Waals surface area contributed by atoms with E-state index in [1.165, 1.54) is 0 Å². The lowest BCUT2D eigenvalue weighted by atomic mass is 9.87. The number of carbonyl (C=O) groups is 3. The SMILES string of the molecule is CCC(C)C(NC(=O)OC(C)(C)C)C(=O)N(C(C(=O)Nc1c(C)cccc1C)c1cccc(C)c1C)C(C)(C)CC. The number of hydrogen-bond donors (Lipinski definition) is 2. The fourth-order valence-electron chi connectivity index (χ4n) is 4.88. The molecule has 0 saturated heterocycles. The van der Waals surface area contributed by atoms with Crippen LogP contribution >= 0.6 is 0 Å². The Labute approximate surface area is 247 Å². The molecule has 2 rings (SSSR count). The topological polar surface area (TPSA) is 87.7 Å². The van der Waals surface area contributed by atoms with Crippen LogP contribution in [0, 0.1) is 33.6 Å². The van der Waals surface area contributed by atoms with E-state index in [9.17, 15) is 14.4 Å². The second-order valence-electron chi connectivity index (χ2n) is 12.8. The zero-order valence-corrected chi connectivity index (χ0v) is 27.2. The molecule has 2 aromatic carbocycles. The monoisotopic (exact) mass is 565 g/mol. The van der Waals surface area contributed by atoms with Gasteiger partial charge >= 0.3 is 6.09 Å². The first-order valence-corrected chi connectivity index (χ1v) is 14.7. The standard InChI is InChI=1S/C34H51N3O4/c1-13-21(3)28(36-32(40)41-33(8,9)10)31(39)37(34(11,12)14-2)29(26-20-16-17-22(4)25(26)7)30(38)35-27-23(5)18-15-19-24(27)6/h15-21,28-29H,13-14H2,1-12H3,(H,35,38)(H,36,40).